The molecule has 1 fully saturated rings. The summed E-state index contributed by atoms with van der Waals surface area (Å²) < 4.78 is 28.0. The van der Waals surface area contributed by atoms with Gasteiger partial charge >= 0.3 is 5.97 Å². The van der Waals surface area contributed by atoms with E-state index >= 15 is 0 Å². The zero-order chi connectivity index (χ0) is 18.9. The number of hydrogen-bond donors (Lipinski definition) is 1. The van der Waals surface area contributed by atoms with E-state index in [2.05, 4.69) is 10.3 Å². The molecule has 1 atom stereocenters. The number of ether oxygens (including phenoxy) is 1. The van der Waals surface area contributed by atoms with Gasteiger partial charge in [-0.3, -0.25) is 9.78 Å². The van der Waals surface area contributed by atoms with E-state index in [1.54, 1.807) is 13.0 Å². The zero-order valence-corrected chi connectivity index (χ0v) is 15.4. The third-order valence-electron chi connectivity index (χ3n) is 4.24. The molecular formula is C18H20N2O5S. The number of hydrogen-bond acceptors (Lipinski definition) is 6. The summed E-state index contributed by atoms with van der Waals surface area (Å²) >= 11 is 0. The number of fused-ring (bicyclic) bond motifs is 1. The van der Waals surface area contributed by atoms with E-state index in [1.165, 1.54) is 0 Å². The van der Waals surface area contributed by atoms with Gasteiger partial charge in [-0.05, 0) is 38.5 Å². The normalized spacial score (nSPS) is 18.6. The van der Waals surface area contributed by atoms with Crippen molar-refractivity contribution in [2.75, 3.05) is 18.1 Å². The summed E-state index contributed by atoms with van der Waals surface area (Å²) in [5.74, 6) is -1.12. The Hall–Kier alpha value is -2.48. The number of carbonyl (C=O) groups excluding carboxylic acids is 2. The largest absolute Gasteiger partial charge is 0.452 e. The molecule has 1 amide bonds. The van der Waals surface area contributed by atoms with Crippen LogP contribution in [0.5, 0.6) is 0 Å². The molecule has 1 unspecified atom stereocenters. The van der Waals surface area contributed by atoms with E-state index in [9.17, 15) is 18.0 Å². The Balaban J connectivity index is 1.68. The molecule has 1 aromatic heterocycles. The van der Waals surface area contributed by atoms with Crippen LogP contribution in [-0.4, -0.2) is 49.4 Å². The third kappa shape index (κ3) is 4.19. The lowest BCUT2D eigenvalue weighted by molar-refractivity contribution is -0.124. The van der Waals surface area contributed by atoms with Gasteiger partial charge in [0.15, 0.2) is 16.4 Å². The SMILES string of the molecule is Cc1ccc2nc(C)cc(C(=O)OCC(=O)NC3CCS(=O)(=O)C3)c2c1. The molecule has 1 aliphatic rings. The van der Waals surface area contributed by atoms with Gasteiger partial charge in [0.1, 0.15) is 0 Å². The number of aromatic nitrogens is 1. The van der Waals surface area contributed by atoms with Crippen molar-refractivity contribution in [3.05, 3.63) is 41.1 Å². The van der Waals surface area contributed by atoms with Crippen molar-refractivity contribution in [3.8, 4) is 0 Å². The first-order valence-corrected chi connectivity index (χ1v) is 10.1. The van der Waals surface area contributed by atoms with Gasteiger partial charge in [-0.25, -0.2) is 13.2 Å². The Labute approximate surface area is 151 Å². The van der Waals surface area contributed by atoms with Crippen LogP contribution in [0.4, 0.5) is 0 Å². The molecule has 1 N–H and O–H groups in total. The van der Waals surface area contributed by atoms with Crippen LogP contribution < -0.4 is 5.32 Å². The topological polar surface area (TPSA) is 102 Å². The Bertz CT molecular complexity index is 984. The van der Waals surface area contributed by atoms with Crippen molar-refractivity contribution >= 4 is 32.6 Å². The molecule has 2 heterocycles. The second-order valence-electron chi connectivity index (χ2n) is 6.58. The summed E-state index contributed by atoms with van der Waals surface area (Å²) in [6, 6.07) is 6.81. The molecule has 1 aliphatic heterocycles. The predicted octanol–water partition coefficient (Wildman–Crippen LogP) is 1.31. The molecule has 26 heavy (non-hydrogen) atoms. The summed E-state index contributed by atoms with van der Waals surface area (Å²) in [4.78, 5) is 28.8. The van der Waals surface area contributed by atoms with E-state index in [0.717, 1.165) is 5.56 Å². The maximum absolute atomic E-state index is 12.4. The Morgan fingerprint density at radius 2 is 2.04 bits per heavy atom. The lowest BCUT2D eigenvalue weighted by Crippen LogP contribution is -2.38. The van der Waals surface area contributed by atoms with E-state index in [-0.39, 0.29) is 11.5 Å². The number of esters is 1. The standard InChI is InChI=1S/C18H20N2O5S/c1-11-3-4-16-14(7-11)15(8-12(2)19-16)18(22)25-9-17(21)20-13-5-6-26(23,24)10-13/h3-4,7-8,13H,5-6,9-10H2,1-2H3,(H,20,21). The molecule has 138 valence electrons. The van der Waals surface area contributed by atoms with E-state index in [1.807, 2.05) is 25.1 Å². The minimum atomic E-state index is -3.08. The summed E-state index contributed by atoms with van der Waals surface area (Å²) in [5, 5.41) is 3.26. The van der Waals surface area contributed by atoms with Crippen molar-refractivity contribution in [1.82, 2.24) is 10.3 Å². The van der Waals surface area contributed by atoms with Crippen molar-refractivity contribution < 1.29 is 22.7 Å². The summed E-state index contributed by atoms with van der Waals surface area (Å²) in [6.45, 7) is 3.24. The number of nitrogens with one attached hydrogen (secondary N) is 1. The Morgan fingerprint density at radius 3 is 2.73 bits per heavy atom. The lowest BCUT2D eigenvalue weighted by atomic mass is 10.1. The zero-order valence-electron chi connectivity index (χ0n) is 14.6. The number of benzene rings is 1. The molecule has 8 heteroatoms. The molecule has 0 bridgehead atoms. The van der Waals surface area contributed by atoms with Gasteiger partial charge < -0.3 is 10.1 Å². The number of aryl methyl sites for hydroxylation is 2. The number of amides is 1. The van der Waals surface area contributed by atoms with Gasteiger partial charge in [-0.1, -0.05) is 11.6 Å². The molecule has 0 spiro atoms. The summed E-state index contributed by atoms with van der Waals surface area (Å²) in [5.41, 5.74) is 2.70. The lowest BCUT2D eigenvalue weighted by Gasteiger charge is -2.12. The van der Waals surface area contributed by atoms with Crippen molar-refractivity contribution in [2.24, 2.45) is 0 Å². The molecule has 7 nitrogen and oxygen atoms in total. The van der Waals surface area contributed by atoms with Gasteiger partial charge in [0, 0.05) is 17.1 Å². The Kier molecular flexibility index (Phi) is 4.95. The number of nitrogens with zero attached hydrogens (tertiary/aromatic N) is 1. The van der Waals surface area contributed by atoms with Gasteiger partial charge in [-0.15, -0.1) is 0 Å². The van der Waals surface area contributed by atoms with Crippen LogP contribution in [-0.2, 0) is 19.4 Å². The number of carbonyl (C=O) groups is 2. The minimum Gasteiger partial charge on any atom is -0.452 e. The maximum Gasteiger partial charge on any atom is 0.339 e. The highest BCUT2D eigenvalue weighted by molar-refractivity contribution is 7.91. The highest BCUT2D eigenvalue weighted by atomic mass is 32.2. The molecule has 1 aromatic carbocycles. The van der Waals surface area contributed by atoms with Crippen molar-refractivity contribution in [3.63, 3.8) is 0 Å². The third-order valence-corrected chi connectivity index (χ3v) is 6.01. The van der Waals surface area contributed by atoms with Crippen LogP contribution in [0.2, 0.25) is 0 Å². The van der Waals surface area contributed by atoms with Crippen LogP contribution >= 0.6 is 0 Å². The monoisotopic (exact) mass is 376 g/mol. The highest BCUT2D eigenvalue weighted by Crippen LogP contribution is 2.21. The molecule has 3 rings (SSSR count). The molecule has 0 saturated carbocycles. The second-order valence-corrected chi connectivity index (χ2v) is 8.80. The number of pyridine rings is 1. The quantitative estimate of drug-likeness (QED) is 0.807. The first-order valence-electron chi connectivity index (χ1n) is 8.28. The van der Waals surface area contributed by atoms with E-state index in [0.29, 0.717) is 28.6 Å². The molecule has 0 radical (unpaired) electrons. The van der Waals surface area contributed by atoms with E-state index in [4.69, 9.17) is 4.74 Å². The average molecular weight is 376 g/mol. The van der Waals surface area contributed by atoms with Gasteiger partial charge in [-0.2, -0.15) is 0 Å². The fraction of sp³-hybridized carbons (Fsp3) is 0.389. The predicted molar refractivity (Wildman–Crippen MR) is 96.7 cm³/mol. The van der Waals surface area contributed by atoms with Crippen LogP contribution in [0.1, 0.15) is 28.0 Å². The first-order chi connectivity index (χ1) is 12.2. The minimum absolute atomic E-state index is 0.0688. The van der Waals surface area contributed by atoms with Gasteiger partial charge in [0.25, 0.3) is 5.91 Å². The second kappa shape index (κ2) is 7.03. The first kappa shape index (κ1) is 18.3. The fourth-order valence-corrected chi connectivity index (χ4v) is 4.70. The summed E-state index contributed by atoms with van der Waals surface area (Å²) in [6.07, 6.45) is 0.384. The summed E-state index contributed by atoms with van der Waals surface area (Å²) in [7, 11) is -3.08. The molecule has 2 aromatic rings. The average Bonchev–Trinajstić information content (AvgIpc) is 2.90. The molecule has 1 saturated heterocycles. The Morgan fingerprint density at radius 1 is 1.27 bits per heavy atom. The van der Waals surface area contributed by atoms with E-state index < -0.39 is 34.4 Å². The van der Waals surface area contributed by atoms with Crippen molar-refractivity contribution in [2.45, 2.75) is 26.3 Å². The van der Waals surface area contributed by atoms with Gasteiger partial charge in [0.05, 0.1) is 22.6 Å². The van der Waals surface area contributed by atoms with Crippen molar-refractivity contribution in [1.29, 1.82) is 0 Å². The molecule has 0 aliphatic carbocycles. The van der Waals surface area contributed by atoms with Crippen LogP contribution in [0.25, 0.3) is 10.9 Å². The number of sulfone groups is 1. The van der Waals surface area contributed by atoms with Gasteiger partial charge in [0.2, 0.25) is 0 Å². The van der Waals surface area contributed by atoms with Crippen LogP contribution in [0.3, 0.4) is 0 Å². The van der Waals surface area contributed by atoms with Crippen LogP contribution in [0.15, 0.2) is 24.3 Å². The smallest absolute Gasteiger partial charge is 0.339 e. The molecular weight excluding hydrogens is 356 g/mol. The highest BCUT2D eigenvalue weighted by Gasteiger charge is 2.29. The number of rotatable bonds is 4. The van der Waals surface area contributed by atoms with Crippen LogP contribution in [0, 0.1) is 13.8 Å². The fourth-order valence-electron chi connectivity index (χ4n) is 3.03. The maximum atomic E-state index is 12.4.